The fraction of sp³-hybridized carbons (Fsp3) is 0.176. The average molecular weight is 329 g/mol. The van der Waals surface area contributed by atoms with Gasteiger partial charge in [0, 0.05) is 5.75 Å². The standard InChI is InChI=1S/C17H16N2O3S/c20-16(21)12-19-15-9-5-4-8-14(15)18-17(19)23-11-10-22-13-6-2-1-3-7-13/h1-9H,10-12H2,(H,20,21)/p+1. The maximum atomic E-state index is 11.1. The molecular formula is C17H17N2O3S+. The van der Waals surface area contributed by atoms with E-state index in [0.29, 0.717) is 6.61 Å². The summed E-state index contributed by atoms with van der Waals surface area (Å²) in [4.78, 5) is 14.4. The van der Waals surface area contributed by atoms with Gasteiger partial charge in [0.25, 0.3) is 0 Å². The number of carboxylic acids is 1. The van der Waals surface area contributed by atoms with Crippen molar-refractivity contribution in [2.75, 3.05) is 12.4 Å². The topological polar surface area (TPSA) is 66.2 Å². The molecule has 3 rings (SSSR count). The number of imidazole rings is 1. The molecule has 3 aromatic rings. The molecule has 0 saturated carbocycles. The largest absolute Gasteiger partial charge is 0.493 e. The molecule has 0 spiro atoms. The minimum Gasteiger partial charge on any atom is -0.493 e. The van der Waals surface area contributed by atoms with Crippen molar-refractivity contribution in [3.63, 3.8) is 0 Å². The lowest BCUT2D eigenvalue weighted by atomic mass is 10.3. The summed E-state index contributed by atoms with van der Waals surface area (Å²) < 4.78 is 7.45. The van der Waals surface area contributed by atoms with Crippen LogP contribution in [0.3, 0.4) is 0 Å². The number of aromatic amines is 1. The molecule has 2 N–H and O–H groups in total. The molecule has 23 heavy (non-hydrogen) atoms. The van der Waals surface area contributed by atoms with Crippen molar-refractivity contribution in [1.29, 1.82) is 0 Å². The molecule has 2 aromatic carbocycles. The molecule has 1 heterocycles. The maximum Gasteiger partial charge on any atom is 0.346 e. The van der Waals surface area contributed by atoms with E-state index in [1.807, 2.05) is 54.6 Å². The lowest BCUT2D eigenvalue weighted by molar-refractivity contribution is -0.697. The predicted octanol–water partition coefficient (Wildman–Crippen LogP) is 2.71. The van der Waals surface area contributed by atoms with Gasteiger partial charge in [0.05, 0.1) is 6.61 Å². The van der Waals surface area contributed by atoms with Crippen LogP contribution >= 0.6 is 11.8 Å². The van der Waals surface area contributed by atoms with E-state index < -0.39 is 5.97 Å². The number of carboxylic acid groups (broad SMARTS) is 1. The second-order valence-corrected chi connectivity index (χ2v) is 6.02. The number of ether oxygens (including phenoxy) is 1. The Morgan fingerprint density at radius 3 is 2.65 bits per heavy atom. The Morgan fingerprint density at radius 1 is 1.13 bits per heavy atom. The molecule has 0 unspecified atom stereocenters. The van der Waals surface area contributed by atoms with Gasteiger partial charge in [0.1, 0.15) is 5.75 Å². The van der Waals surface area contributed by atoms with Crippen LogP contribution < -0.4 is 9.30 Å². The number of benzene rings is 2. The molecule has 0 amide bonds. The van der Waals surface area contributed by atoms with Crippen molar-refractivity contribution >= 4 is 28.8 Å². The maximum absolute atomic E-state index is 11.1. The van der Waals surface area contributed by atoms with Crippen molar-refractivity contribution in [2.45, 2.75) is 11.7 Å². The van der Waals surface area contributed by atoms with Crippen LogP contribution in [0.4, 0.5) is 0 Å². The smallest absolute Gasteiger partial charge is 0.346 e. The molecule has 0 fully saturated rings. The SMILES string of the molecule is O=C(O)C[n+]1c(SCCOc2ccccc2)[nH]c2ccccc21. The quantitative estimate of drug-likeness (QED) is 0.397. The van der Waals surface area contributed by atoms with Crippen molar-refractivity contribution < 1.29 is 19.2 Å². The highest BCUT2D eigenvalue weighted by molar-refractivity contribution is 7.99. The molecular weight excluding hydrogens is 312 g/mol. The number of hydrogen-bond acceptors (Lipinski definition) is 3. The molecule has 0 aliphatic carbocycles. The van der Waals surface area contributed by atoms with E-state index in [4.69, 9.17) is 9.84 Å². The molecule has 0 bridgehead atoms. The Morgan fingerprint density at radius 2 is 1.87 bits per heavy atom. The summed E-state index contributed by atoms with van der Waals surface area (Å²) in [6.45, 7) is 0.489. The molecule has 118 valence electrons. The van der Waals surface area contributed by atoms with E-state index in [9.17, 15) is 4.79 Å². The zero-order valence-corrected chi connectivity index (χ0v) is 13.3. The predicted molar refractivity (Wildman–Crippen MR) is 88.8 cm³/mol. The Kier molecular flexibility index (Phi) is 4.83. The number of aliphatic carboxylic acids is 1. The summed E-state index contributed by atoms with van der Waals surface area (Å²) in [5.74, 6) is 0.701. The van der Waals surface area contributed by atoms with E-state index in [0.717, 1.165) is 27.7 Å². The van der Waals surface area contributed by atoms with E-state index in [1.165, 1.54) is 0 Å². The first-order valence-electron chi connectivity index (χ1n) is 7.27. The Balaban J connectivity index is 1.68. The number of H-pyrrole nitrogens is 1. The van der Waals surface area contributed by atoms with Gasteiger partial charge in [-0.15, -0.1) is 0 Å². The third-order valence-electron chi connectivity index (χ3n) is 3.31. The third-order valence-corrected chi connectivity index (χ3v) is 4.28. The number of rotatable bonds is 7. The number of fused-ring (bicyclic) bond motifs is 1. The second-order valence-electron chi connectivity index (χ2n) is 4.94. The zero-order valence-electron chi connectivity index (χ0n) is 12.4. The highest BCUT2D eigenvalue weighted by Gasteiger charge is 2.20. The Bertz CT molecular complexity index is 802. The number of carbonyl (C=O) groups is 1. The third kappa shape index (κ3) is 3.84. The Labute approximate surface area is 137 Å². The number of para-hydroxylation sites is 3. The number of nitrogens with zero attached hydrogens (tertiary/aromatic N) is 1. The van der Waals surface area contributed by atoms with E-state index >= 15 is 0 Å². The first kappa shape index (κ1) is 15.4. The molecule has 5 nitrogen and oxygen atoms in total. The molecule has 0 aliphatic rings. The van der Waals surface area contributed by atoms with Gasteiger partial charge in [0.15, 0.2) is 17.6 Å². The van der Waals surface area contributed by atoms with Gasteiger partial charge in [-0.2, -0.15) is 0 Å². The summed E-state index contributed by atoms with van der Waals surface area (Å²) in [6.07, 6.45) is 0. The van der Waals surface area contributed by atoms with E-state index in [1.54, 1.807) is 16.3 Å². The molecule has 0 aliphatic heterocycles. The lowest BCUT2D eigenvalue weighted by Crippen LogP contribution is -2.39. The average Bonchev–Trinajstić information content (AvgIpc) is 2.90. The fourth-order valence-corrected chi connectivity index (χ4v) is 3.19. The van der Waals surface area contributed by atoms with E-state index in [-0.39, 0.29) is 6.54 Å². The van der Waals surface area contributed by atoms with Crippen LogP contribution in [0.2, 0.25) is 0 Å². The minimum atomic E-state index is -0.859. The van der Waals surface area contributed by atoms with Crippen LogP contribution in [0.1, 0.15) is 0 Å². The molecule has 0 atom stereocenters. The van der Waals surface area contributed by atoms with Gasteiger partial charge in [-0.1, -0.05) is 30.3 Å². The highest BCUT2D eigenvalue weighted by Crippen LogP contribution is 2.18. The second kappa shape index (κ2) is 7.19. The van der Waals surface area contributed by atoms with Gasteiger partial charge in [-0.25, -0.2) is 14.3 Å². The van der Waals surface area contributed by atoms with Gasteiger partial charge in [-0.05, 0) is 36.0 Å². The summed E-state index contributed by atoms with van der Waals surface area (Å²) in [5.41, 5.74) is 1.82. The number of thioether (sulfide) groups is 1. The summed E-state index contributed by atoms with van der Waals surface area (Å²) in [7, 11) is 0. The van der Waals surface area contributed by atoms with Crippen LogP contribution in [0.5, 0.6) is 5.75 Å². The molecule has 0 radical (unpaired) electrons. The highest BCUT2D eigenvalue weighted by atomic mass is 32.2. The zero-order chi connectivity index (χ0) is 16.1. The molecule has 1 aromatic heterocycles. The van der Waals surface area contributed by atoms with Gasteiger partial charge in [0.2, 0.25) is 0 Å². The van der Waals surface area contributed by atoms with Gasteiger partial charge in [-0.3, -0.25) is 0 Å². The van der Waals surface area contributed by atoms with Gasteiger partial charge >= 0.3 is 11.1 Å². The van der Waals surface area contributed by atoms with Gasteiger partial charge < -0.3 is 9.84 Å². The van der Waals surface area contributed by atoms with Crippen LogP contribution in [0, 0.1) is 0 Å². The van der Waals surface area contributed by atoms with Crippen molar-refractivity contribution in [3.8, 4) is 5.75 Å². The van der Waals surface area contributed by atoms with E-state index in [2.05, 4.69) is 4.98 Å². The van der Waals surface area contributed by atoms with Crippen LogP contribution in [-0.4, -0.2) is 28.4 Å². The summed E-state index contributed by atoms with van der Waals surface area (Å²) in [5, 5.41) is 9.95. The Hall–Kier alpha value is -2.47. The molecule has 6 heteroatoms. The van der Waals surface area contributed by atoms with Crippen molar-refractivity contribution in [1.82, 2.24) is 4.98 Å². The molecule has 0 saturated heterocycles. The first-order chi connectivity index (χ1) is 11.2. The van der Waals surface area contributed by atoms with Crippen LogP contribution in [0.25, 0.3) is 11.0 Å². The summed E-state index contributed by atoms with van der Waals surface area (Å²) in [6, 6.07) is 17.3. The lowest BCUT2D eigenvalue weighted by Gasteiger charge is -2.04. The number of hydrogen-bond donors (Lipinski definition) is 2. The number of aromatic nitrogens is 2. The minimum absolute atomic E-state index is 0.0636. The summed E-state index contributed by atoms with van der Waals surface area (Å²) >= 11 is 1.55. The normalized spacial score (nSPS) is 10.8. The number of nitrogens with one attached hydrogen (secondary N) is 1. The first-order valence-corrected chi connectivity index (χ1v) is 8.25. The monoisotopic (exact) mass is 329 g/mol. The van der Waals surface area contributed by atoms with Crippen molar-refractivity contribution in [3.05, 3.63) is 54.6 Å². The van der Waals surface area contributed by atoms with Crippen LogP contribution in [0.15, 0.2) is 59.8 Å². The van der Waals surface area contributed by atoms with Crippen molar-refractivity contribution in [2.24, 2.45) is 0 Å². The van der Waals surface area contributed by atoms with Crippen LogP contribution in [-0.2, 0) is 11.3 Å². The fourth-order valence-electron chi connectivity index (χ4n) is 2.33.